The molecule has 3 aromatic rings. The predicted molar refractivity (Wildman–Crippen MR) is 135 cm³/mol. The van der Waals surface area contributed by atoms with E-state index in [4.69, 9.17) is 4.42 Å². The molecule has 3 rings (SSSR count). The van der Waals surface area contributed by atoms with Crippen LogP contribution in [0.5, 0.6) is 0 Å². The molecule has 0 aliphatic carbocycles. The number of nitrogens with zero attached hydrogens (tertiary/aromatic N) is 2. The highest BCUT2D eigenvalue weighted by Crippen LogP contribution is 2.15. The molecule has 0 aliphatic heterocycles. The van der Waals surface area contributed by atoms with Crippen molar-refractivity contribution >= 4 is 11.8 Å². The molecule has 2 aromatic carbocycles. The molecule has 0 radical (unpaired) electrons. The first-order chi connectivity index (χ1) is 16.5. The molecule has 0 saturated carbocycles. The average molecular weight is 461 g/mol. The van der Waals surface area contributed by atoms with E-state index in [-0.39, 0.29) is 18.4 Å². The number of amides is 2. The zero-order chi connectivity index (χ0) is 24.3. The lowest BCUT2D eigenvalue weighted by molar-refractivity contribution is -0.133. The summed E-state index contributed by atoms with van der Waals surface area (Å²) in [6, 6.07) is 21.5. The van der Waals surface area contributed by atoms with Gasteiger partial charge >= 0.3 is 0 Å². The van der Waals surface area contributed by atoms with Crippen LogP contribution in [0.4, 0.5) is 0 Å². The lowest BCUT2D eigenvalue weighted by Gasteiger charge is -2.27. The molecule has 0 saturated heterocycles. The Hall–Kier alpha value is -3.34. The van der Waals surface area contributed by atoms with Gasteiger partial charge in [0, 0.05) is 18.7 Å². The summed E-state index contributed by atoms with van der Waals surface area (Å²) in [7, 11) is 0. The van der Waals surface area contributed by atoms with Crippen LogP contribution in [-0.4, -0.2) is 34.7 Å². The summed E-state index contributed by atoms with van der Waals surface area (Å²) in [6.45, 7) is 7.47. The SMILES string of the molecule is CCCCc1ccc(C(=O)N(CCC)CC(=O)N(Cc2ccccc2)Cc2ccc(C)o2)cc1. The Kier molecular flexibility index (Phi) is 9.51. The summed E-state index contributed by atoms with van der Waals surface area (Å²) < 4.78 is 5.74. The predicted octanol–water partition coefficient (Wildman–Crippen LogP) is 6.01. The third-order valence-electron chi connectivity index (χ3n) is 5.84. The lowest BCUT2D eigenvalue weighted by Crippen LogP contribution is -2.42. The molecular formula is C29H36N2O3. The standard InChI is InChI=1S/C29H36N2O3/c1-4-6-10-24-14-16-26(17-15-24)29(33)30(19-5-2)22-28(32)31(20-25-11-8-7-9-12-25)21-27-18-13-23(3)34-27/h7-9,11-18H,4-6,10,19-22H2,1-3H3. The second kappa shape index (κ2) is 12.8. The fourth-order valence-electron chi connectivity index (χ4n) is 3.96. The van der Waals surface area contributed by atoms with E-state index < -0.39 is 0 Å². The number of rotatable bonds is 12. The maximum atomic E-state index is 13.4. The number of carbonyl (C=O) groups excluding carboxylic acids is 2. The van der Waals surface area contributed by atoms with Crippen LogP contribution >= 0.6 is 0 Å². The van der Waals surface area contributed by atoms with E-state index in [2.05, 4.69) is 6.92 Å². The molecule has 2 amide bonds. The molecule has 0 spiro atoms. The van der Waals surface area contributed by atoms with E-state index >= 15 is 0 Å². The third kappa shape index (κ3) is 7.34. The fourth-order valence-corrected chi connectivity index (χ4v) is 3.96. The van der Waals surface area contributed by atoms with Gasteiger partial charge in [-0.3, -0.25) is 9.59 Å². The van der Waals surface area contributed by atoms with Crippen molar-refractivity contribution in [2.24, 2.45) is 0 Å². The van der Waals surface area contributed by atoms with Gasteiger partial charge in [-0.25, -0.2) is 0 Å². The summed E-state index contributed by atoms with van der Waals surface area (Å²) in [5, 5.41) is 0. The van der Waals surface area contributed by atoms with Crippen LogP contribution in [0.1, 0.15) is 66.1 Å². The van der Waals surface area contributed by atoms with Gasteiger partial charge in [-0.05, 0) is 61.6 Å². The van der Waals surface area contributed by atoms with Gasteiger partial charge in [-0.2, -0.15) is 0 Å². The average Bonchev–Trinajstić information content (AvgIpc) is 3.27. The summed E-state index contributed by atoms with van der Waals surface area (Å²) >= 11 is 0. The highest BCUT2D eigenvalue weighted by molar-refractivity contribution is 5.96. The molecule has 1 aromatic heterocycles. The molecule has 34 heavy (non-hydrogen) atoms. The van der Waals surface area contributed by atoms with Crippen LogP contribution in [-0.2, 0) is 24.3 Å². The molecule has 0 atom stereocenters. The molecule has 5 heteroatoms. The first-order valence-electron chi connectivity index (χ1n) is 12.2. The number of aryl methyl sites for hydroxylation is 2. The van der Waals surface area contributed by atoms with Gasteiger partial charge in [0.1, 0.15) is 18.1 Å². The Labute approximate surface area is 203 Å². The van der Waals surface area contributed by atoms with Crippen molar-refractivity contribution in [3.8, 4) is 0 Å². The third-order valence-corrected chi connectivity index (χ3v) is 5.84. The van der Waals surface area contributed by atoms with E-state index in [1.165, 1.54) is 5.56 Å². The van der Waals surface area contributed by atoms with Gasteiger partial charge in [0.15, 0.2) is 0 Å². The van der Waals surface area contributed by atoms with Crippen LogP contribution < -0.4 is 0 Å². The van der Waals surface area contributed by atoms with E-state index in [9.17, 15) is 9.59 Å². The van der Waals surface area contributed by atoms with Crippen LogP contribution in [0.2, 0.25) is 0 Å². The number of benzene rings is 2. The second-order valence-corrected chi connectivity index (χ2v) is 8.77. The molecule has 0 N–H and O–H groups in total. The number of furan rings is 1. The Bertz CT molecular complexity index is 1040. The highest BCUT2D eigenvalue weighted by atomic mass is 16.3. The fraction of sp³-hybridized carbons (Fsp3) is 0.379. The quantitative estimate of drug-likeness (QED) is 0.332. The van der Waals surface area contributed by atoms with E-state index in [1.54, 1.807) is 9.80 Å². The van der Waals surface area contributed by atoms with Crippen LogP contribution in [0.15, 0.2) is 71.1 Å². The van der Waals surface area contributed by atoms with Crippen molar-refractivity contribution < 1.29 is 14.0 Å². The summed E-state index contributed by atoms with van der Waals surface area (Å²) in [5.41, 5.74) is 2.90. The van der Waals surface area contributed by atoms with Gasteiger partial charge in [0.05, 0.1) is 6.54 Å². The van der Waals surface area contributed by atoms with Crippen molar-refractivity contribution in [2.75, 3.05) is 13.1 Å². The summed E-state index contributed by atoms with van der Waals surface area (Å²) in [5.74, 6) is 1.34. The van der Waals surface area contributed by atoms with Gasteiger partial charge in [-0.1, -0.05) is 62.7 Å². The van der Waals surface area contributed by atoms with Crippen LogP contribution in [0.25, 0.3) is 0 Å². The van der Waals surface area contributed by atoms with E-state index in [0.717, 1.165) is 42.8 Å². The van der Waals surface area contributed by atoms with Crippen molar-refractivity contribution in [1.29, 1.82) is 0 Å². The van der Waals surface area contributed by atoms with Crippen molar-refractivity contribution in [3.63, 3.8) is 0 Å². The normalized spacial score (nSPS) is 10.8. The second-order valence-electron chi connectivity index (χ2n) is 8.77. The monoisotopic (exact) mass is 460 g/mol. The minimum atomic E-state index is -0.106. The minimum Gasteiger partial charge on any atom is -0.464 e. The summed E-state index contributed by atoms with van der Waals surface area (Å²) in [6.07, 6.45) is 4.08. The van der Waals surface area contributed by atoms with E-state index in [1.807, 2.05) is 80.6 Å². The molecule has 0 fully saturated rings. The topological polar surface area (TPSA) is 53.8 Å². The number of carbonyl (C=O) groups is 2. The van der Waals surface area contributed by atoms with Crippen LogP contribution in [0, 0.1) is 6.92 Å². The summed E-state index contributed by atoms with van der Waals surface area (Å²) in [4.78, 5) is 30.1. The minimum absolute atomic E-state index is 0.0385. The number of hydrogen-bond donors (Lipinski definition) is 0. The van der Waals surface area contributed by atoms with Crippen molar-refractivity contribution in [1.82, 2.24) is 9.80 Å². The maximum Gasteiger partial charge on any atom is 0.254 e. The van der Waals surface area contributed by atoms with Crippen molar-refractivity contribution in [2.45, 2.75) is 59.5 Å². The van der Waals surface area contributed by atoms with Gasteiger partial charge in [0.25, 0.3) is 5.91 Å². The highest BCUT2D eigenvalue weighted by Gasteiger charge is 2.23. The lowest BCUT2D eigenvalue weighted by atomic mass is 10.1. The molecule has 5 nitrogen and oxygen atoms in total. The molecule has 1 heterocycles. The first-order valence-corrected chi connectivity index (χ1v) is 12.2. The van der Waals surface area contributed by atoms with Gasteiger partial charge in [0.2, 0.25) is 5.91 Å². The molecule has 0 unspecified atom stereocenters. The first kappa shape index (κ1) is 25.3. The molecule has 0 aliphatic rings. The number of hydrogen-bond acceptors (Lipinski definition) is 3. The van der Waals surface area contributed by atoms with Gasteiger partial charge < -0.3 is 14.2 Å². The number of unbranched alkanes of at least 4 members (excludes halogenated alkanes) is 1. The Morgan fingerprint density at radius 1 is 0.794 bits per heavy atom. The Morgan fingerprint density at radius 2 is 1.53 bits per heavy atom. The maximum absolute atomic E-state index is 13.4. The Morgan fingerprint density at radius 3 is 2.15 bits per heavy atom. The van der Waals surface area contributed by atoms with E-state index in [0.29, 0.717) is 25.2 Å². The van der Waals surface area contributed by atoms with Crippen LogP contribution in [0.3, 0.4) is 0 Å². The molecule has 0 bridgehead atoms. The smallest absolute Gasteiger partial charge is 0.254 e. The molecular weight excluding hydrogens is 424 g/mol. The largest absolute Gasteiger partial charge is 0.464 e. The zero-order valence-electron chi connectivity index (χ0n) is 20.6. The Balaban J connectivity index is 1.74. The molecule has 180 valence electrons. The zero-order valence-corrected chi connectivity index (χ0v) is 20.6. The van der Waals surface area contributed by atoms with Crippen molar-refractivity contribution in [3.05, 3.63) is 94.9 Å². The van der Waals surface area contributed by atoms with Gasteiger partial charge in [-0.15, -0.1) is 0 Å².